The minimum atomic E-state index is 0.162. The number of halogens is 1. The molecule has 2 atom stereocenters. The van der Waals surface area contributed by atoms with Gasteiger partial charge < -0.3 is 4.74 Å². The Morgan fingerprint density at radius 2 is 2.32 bits per heavy atom. The van der Waals surface area contributed by atoms with Gasteiger partial charge in [-0.15, -0.1) is 0 Å². The van der Waals surface area contributed by atoms with Crippen LogP contribution in [0.4, 0.5) is 0 Å². The van der Waals surface area contributed by atoms with Gasteiger partial charge >= 0.3 is 5.16 Å². The Morgan fingerprint density at radius 1 is 1.53 bits per heavy atom. The number of thioether (sulfide) groups is 1. The molecule has 1 fully saturated rings. The maximum atomic E-state index is 5.42. The lowest BCUT2D eigenvalue weighted by Gasteiger charge is -2.17. The van der Waals surface area contributed by atoms with Gasteiger partial charge in [0, 0.05) is 11.1 Å². The molecular weight excluding hydrogens is 324 g/mol. The zero-order valence-electron chi connectivity index (χ0n) is 10.8. The van der Waals surface area contributed by atoms with Crippen LogP contribution < -0.4 is 4.57 Å². The zero-order valence-corrected chi connectivity index (χ0v) is 13.2. The molecule has 5 heteroatoms. The van der Waals surface area contributed by atoms with Gasteiger partial charge in [0.15, 0.2) is 11.0 Å². The lowest BCUT2D eigenvalue weighted by atomic mass is 10.1. The van der Waals surface area contributed by atoms with Crippen molar-refractivity contribution in [3.05, 3.63) is 24.3 Å². The van der Waals surface area contributed by atoms with Crippen LogP contribution >= 0.6 is 27.7 Å². The van der Waals surface area contributed by atoms with E-state index in [0.717, 1.165) is 24.2 Å². The van der Waals surface area contributed by atoms with Crippen LogP contribution in [0.1, 0.15) is 6.92 Å². The number of hydrogen-bond donors (Lipinski definition) is 0. The number of aromatic nitrogens is 2. The van der Waals surface area contributed by atoms with E-state index in [2.05, 4.69) is 56.3 Å². The largest absolute Gasteiger partial charge is 0.369 e. The van der Waals surface area contributed by atoms with Crippen molar-refractivity contribution in [2.75, 3.05) is 17.7 Å². The molecule has 0 bridgehead atoms. The number of alkyl halides is 1. The number of fused-ring (bicyclic) bond motifs is 3. The number of nitrogens with zero attached hydrogens (tertiary/aromatic N) is 2. The van der Waals surface area contributed by atoms with Crippen molar-refractivity contribution in [2.45, 2.75) is 30.3 Å². The van der Waals surface area contributed by atoms with Crippen LogP contribution in [0.2, 0.25) is 0 Å². The van der Waals surface area contributed by atoms with Gasteiger partial charge in [0.2, 0.25) is 0 Å². The zero-order chi connectivity index (χ0) is 13.0. The summed E-state index contributed by atoms with van der Waals surface area (Å²) in [5.74, 6) is 1.13. The molecule has 100 valence electrons. The van der Waals surface area contributed by atoms with Crippen molar-refractivity contribution < 1.29 is 9.30 Å². The summed E-state index contributed by atoms with van der Waals surface area (Å²) in [4.78, 5) is 0. The van der Waals surface area contributed by atoms with Gasteiger partial charge in [-0.2, -0.15) is 0 Å². The molecule has 3 heterocycles. The van der Waals surface area contributed by atoms with E-state index < -0.39 is 0 Å². The van der Waals surface area contributed by atoms with Crippen molar-refractivity contribution in [1.29, 1.82) is 0 Å². The van der Waals surface area contributed by atoms with Crippen molar-refractivity contribution in [2.24, 2.45) is 0 Å². The van der Waals surface area contributed by atoms with Crippen LogP contribution in [-0.2, 0) is 16.8 Å². The van der Waals surface area contributed by atoms with Crippen molar-refractivity contribution in [3.63, 3.8) is 0 Å². The number of epoxide rings is 1. The summed E-state index contributed by atoms with van der Waals surface area (Å²) in [7, 11) is 0. The van der Waals surface area contributed by atoms with Crippen molar-refractivity contribution >= 4 is 38.7 Å². The topological polar surface area (TPSA) is 21.3 Å². The second-order valence-corrected chi connectivity index (χ2v) is 7.10. The van der Waals surface area contributed by atoms with E-state index >= 15 is 0 Å². The van der Waals surface area contributed by atoms with E-state index in [1.165, 1.54) is 16.2 Å². The molecule has 2 aliphatic heterocycles. The molecule has 0 aliphatic carbocycles. The van der Waals surface area contributed by atoms with E-state index in [-0.39, 0.29) is 5.54 Å². The van der Waals surface area contributed by atoms with Gasteiger partial charge in [-0.25, -0.2) is 9.13 Å². The number of ether oxygens (including phenoxy) is 1. The van der Waals surface area contributed by atoms with Crippen LogP contribution in [-0.4, -0.2) is 28.4 Å². The summed E-state index contributed by atoms with van der Waals surface area (Å²) >= 11 is 5.65. The third-order valence-electron chi connectivity index (χ3n) is 3.96. The molecule has 2 aliphatic rings. The molecule has 2 aromatic rings. The quantitative estimate of drug-likeness (QED) is 0.487. The minimum Gasteiger partial charge on any atom is -0.369 e. The fraction of sp³-hybridized carbons (Fsp3) is 0.500. The Morgan fingerprint density at radius 3 is 3.05 bits per heavy atom. The van der Waals surface area contributed by atoms with E-state index in [4.69, 9.17) is 4.74 Å². The van der Waals surface area contributed by atoms with Crippen molar-refractivity contribution in [1.82, 2.24) is 4.57 Å². The lowest BCUT2D eigenvalue weighted by molar-refractivity contribution is -0.711. The molecule has 1 aromatic carbocycles. The molecule has 0 spiro atoms. The predicted octanol–water partition coefficient (Wildman–Crippen LogP) is 2.54. The normalized spacial score (nSPS) is 28.8. The van der Waals surface area contributed by atoms with E-state index in [0.29, 0.717) is 6.10 Å². The van der Waals surface area contributed by atoms with Gasteiger partial charge in [-0.05, 0) is 30.8 Å². The molecule has 1 aromatic heterocycles. The first-order valence-corrected chi connectivity index (χ1v) is 8.68. The monoisotopic (exact) mass is 339 g/mol. The maximum absolute atomic E-state index is 5.42. The molecule has 0 radical (unpaired) electrons. The molecule has 4 rings (SSSR count). The minimum absolute atomic E-state index is 0.162. The molecule has 1 saturated heterocycles. The highest BCUT2D eigenvalue weighted by atomic mass is 79.9. The average Bonchev–Trinajstić information content (AvgIpc) is 3.11. The number of para-hydroxylation sites is 2. The fourth-order valence-electron chi connectivity index (χ4n) is 2.81. The maximum Gasteiger partial charge on any atom is 0.319 e. The van der Waals surface area contributed by atoms with Gasteiger partial charge in [0.1, 0.15) is 18.2 Å². The number of rotatable bonds is 3. The highest BCUT2D eigenvalue weighted by Gasteiger charge is 2.45. The number of hydrogen-bond acceptors (Lipinski definition) is 2. The van der Waals surface area contributed by atoms with Crippen LogP contribution in [0.15, 0.2) is 29.4 Å². The highest BCUT2D eigenvalue weighted by Crippen LogP contribution is 2.40. The molecule has 3 nitrogen and oxygen atoms in total. The van der Waals surface area contributed by atoms with Gasteiger partial charge in [0.25, 0.3) is 0 Å². The summed E-state index contributed by atoms with van der Waals surface area (Å²) in [6.45, 7) is 4.22. The average molecular weight is 340 g/mol. The molecule has 0 N–H and O–H groups in total. The second kappa shape index (κ2) is 4.24. The summed E-state index contributed by atoms with van der Waals surface area (Å²) in [5.41, 5.74) is 2.83. The van der Waals surface area contributed by atoms with Crippen LogP contribution in [0, 0.1) is 0 Å². The number of benzene rings is 1. The standard InChI is InChI=1S/C14H16BrN2OS/c1-14(8-15)9-19-13-16(6-10-7-18-10)11-4-2-3-5-12(11)17(13)14/h2-5,10H,6-9H2,1H3/q+1. The third-order valence-corrected chi connectivity index (χ3v) is 6.60. The molecule has 0 amide bonds. The predicted molar refractivity (Wildman–Crippen MR) is 80.0 cm³/mol. The summed E-state index contributed by atoms with van der Waals surface area (Å²) in [5, 5.41) is 2.36. The molecule has 19 heavy (non-hydrogen) atoms. The van der Waals surface area contributed by atoms with Gasteiger partial charge in [0.05, 0.1) is 6.61 Å². The first-order chi connectivity index (χ1) is 9.23. The van der Waals surface area contributed by atoms with E-state index in [1.807, 2.05) is 11.8 Å². The summed E-state index contributed by atoms with van der Waals surface area (Å²) in [6, 6.07) is 8.71. The Bertz CT molecular complexity index is 652. The highest BCUT2D eigenvalue weighted by molar-refractivity contribution is 9.09. The summed E-state index contributed by atoms with van der Waals surface area (Å²) in [6.07, 6.45) is 0.414. The molecule has 2 unspecified atom stereocenters. The van der Waals surface area contributed by atoms with Crippen LogP contribution in [0.5, 0.6) is 0 Å². The Hall–Kier alpha value is -0.520. The molecule has 0 saturated carbocycles. The second-order valence-electron chi connectivity index (χ2n) is 5.59. The Balaban J connectivity index is 1.97. The number of imidazole rings is 1. The van der Waals surface area contributed by atoms with Gasteiger partial charge in [-0.1, -0.05) is 28.1 Å². The summed E-state index contributed by atoms with van der Waals surface area (Å²) < 4.78 is 10.4. The van der Waals surface area contributed by atoms with Crippen LogP contribution in [0.25, 0.3) is 11.0 Å². The first-order valence-electron chi connectivity index (χ1n) is 6.57. The van der Waals surface area contributed by atoms with E-state index in [9.17, 15) is 0 Å². The Labute approximate surface area is 125 Å². The molecular formula is C14H16BrN2OS+. The van der Waals surface area contributed by atoms with Gasteiger partial charge in [-0.3, -0.25) is 0 Å². The third kappa shape index (κ3) is 1.78. The SMILES string of the molecule is CC1(CBr)CSc2n1c1ccccc1[n+]2CC1CO1. The first kappa shape index (κ1) is 12.2. The van der Waals surface area contributed by atoms with Crippen molar-refractivity contribution in [3.8, 4) is 0 Å². The smallest absolute Gasteiger partial charge is 0.319 e. The Kier molecular flexibility index (Phi) is 2.73. The fourth-order valence-corrected chi connectivity index (χ4v) is 4.97. The van der Waals surface area contributed by atoms with E-state index in [1.54, 1.807) is 0 Å². The lowest BCUT2D eigenvalue weighted by Crippen LogP contribution is -2.38. The van der Waals surface area contributed by atoms with Crippen LogP contribution in [0.3, 0.4) is 0 Å².